The zero-order valence-electron chi connectivity index (χ0n) is 10.7. The van der Waals surface area contributed by atoms with E-state index in [1.807, 2.05) is 0 Å². The van der Waals surface area contributed by atoms with E-state index in [4.69, 9.17) is 10.3 Å². The Hall–Kier alpha value is -2.28. The Balaban J connectivity index is 1.92. The summed E-state index contributed by atoms with van der Waals surface area (Å²) in [5, 5.41) is 14.9. The first-order valence-electron chi connectivity index (χ1n) is 6.48. The van der Waals surface area contributed by atoms with E-state index in [0.717, 1.165) is 19.3 Å². The lowest BCUT2D eigenvalue weighted by Crippen LogP contribution is -2.14. The van der Waals surface area contributed by atoms with Crippen LogP contribution in [0.25, 0.3) is 11.4 Å². The number of para-hydroxylation sites is 1. The molecule has 2 N–H and O–H groups in total. The van der Waals surface area contributed by atoms with E-state index in [9.17, 15) is 10.1 Å². The van der Waals surface area contributed by atoms with Crippen molar-refractivity contribution in [3.8, 4) is 11.4 Å². The summed E-state index contributed by atoms with van der Waals surface area (Å²) in [5.41, 5.74) is 6.21. The van der Waals surface area contributed by atoms with Gasteiger partial charge in [0.05, 0.1) is 4.92 Å². The Morgan fingerprint density at radius 3 is 2.85 bits per heavy atom. The molecule has 0 spiro atoms. The SMILES string of the molecule is N[C@H]1CC[C@@H](c2nc(-c3ccccc3[N+](=O)[O-])no2)C1. The molecule has 0 aliphatic heterocycles. The van der Waals surface area contributed by atoms with Crippen molar-refractivity contribution in [1.29, 1.82) is 0 Å². The van der Waals surface area contributed by atoms with Gasteiger partial charge in [0.25, 0.3) is 5.69 Å². The molecule has 1 saturated carbocycles. The highest BCUT2D eigenvalue weighted by Gasteiger charge is 2.29. The molecule has 1 aromatic heterocycles. The van der Waals surface area contributed by atoms with Crippen molar-refractivity contribution in [3.63, 3.8) is 0 Å². The number of rotatable bonds is 3. The van der Waals surface area contributed by atoms with Crippen LogP contribution in [0.5, 0.6) is 0 Å². The third-order valence-corrected chi connectivity index (χ3v) is 3.61. The number of nitrogens with two attached hydrogens (primary N) is 1. The van der Waals surface area contributed by atoms with Gasteiger partial charge in [0.1, 0.15) is 5.56 Å². The zero-order chi connectivity index (χ0) is 14.1. The molecule has 1 aromatic carbocycles. The molecule has 0 amide bonds. The number of nitro groups is 1. The van der Waals surface area contributed by atoms with E-state index < -0.39 is 4.92 Å². The van der Waals surface area contributed by atoms with Crippen LogP contribution in [0, 0.1) is 10.1 Å². The Kier molecular flexibility index (Phi) is 3.19. The second-order valence-corrected chi connectivity index (χ2v) is 5.00. The Labute approximate surface area is 114 Å². The van der Waals surface area contributed by atoms with Crippen molar-refractivity contribution in [2.45, 2.75) is 31.2 Å². The summed E-state index contributed by atoms with van der Waals surface area (Å²) in [7, 11) is 0. The van der Waals surface area contributed by atoms with Gasteiger partial charge < -0.3 is 10.3 Å². The van der Waals surface area contributed by atoms with Crippen LogP contribution in [0.1, 0.15) is 31.1 Å². The summed E-state index contributed by atoms with van der Waals surface area (Å²) in [6.07, 6.45) is 2.67. The number of benzene rings is 1. The fourth-order valence-corrected chi connectivity index (χ4v) is 2.57. The number of nitro benzene ring substituents is 1. The van der Waals surface area contributed by atoms with Gasteiger partial charge in [0, 0.05) is 18.0 Å². The van der Waals surface area contributed by atoms with Gasteiger partial charge in [-0.25, -0.2) is 0 Å². The van der Waals surface area contributed by atoms with Gasteiger partial charge in [-0.3, -0.25) is 10.1 Å². The largest absolute Gasteiger partial charge is 0.339 e. The predicted molar refractivity (Wildman–Crippen MR) is 71.0 cm³/mol. The minimum atomic E-state index is -0.448. The lowest BCUT2D eigenvalue weighted by molar-refractivity contribution is -0.384. The van der Waals surface area contributed by atoms with Gasteiger partial charge in [-0.15, -0.1) is 0 Å². The summed E-state index contributed by atoms with van der Waals surface area (Å²) in [4.78, 5) is 14.9. The first-order valence-corrected chi connectivity index (χ1v) is 6.48. The molecule has 0 unspecified atom stereocenters. The molecule has 0 radical (unpaired) electrons. The predicted octanol–water partition coefficient (Wildman–Crippen LogP) is 2.24. The second kappa shape index (κ2) is 5.01. The van der Waals surface area contributed by atoms with E-state index >= 15 is 0 Å². The molecule has 2 aromatic rings. The van der Waals surface area contributed by atoms with E-state index in [1.54, 1.807) is 18.2 Å². The standard InChI is InChI=1S/C13H14N4O3/c14-9-6-5-8(7-9)13-15-12(16-20-13)10-3-1-2-4-11(10)17(18)19/h1-4,8-9H,5-7,14H2/t8-,9+/m1/s1. The van der Waals surface area contributed by atoms with Crippen molar-refractivity contribution in [2.75, 3.05) is 0 Å². The summed E-state index contributed by atoms with van der Waals surface area (Å²) >= 11 is 0. The first kappa shape index (κ1) is 12.7. The van der Waals surface area contributed by atoms with Crippen LogP contribution in [-0.4, -0.2) is 21.1 Å². The highest BCUT2D eigenvalue weighted by molar-refractivity contribution is 5.67. The third kappa shape index (κ3) is 2.27. The first-order chi connectivity index (χ1) is 9.65. The Morgan fingerprint density at radius 2 is 2.15 bits per heavy atom. The molecule has 0 saturated heterocycles. The van der Waals surface area contributed by atoms with E-state index in [-0.39, 0.29) is 23.5 Å². The quantitative estimate of drug-likeness (QED) is 0.679. The average molecular weight is 274 g/mol. The van der Waals surface area contributed by atoms with Gasteiger partial charge in [0.15, 0.2) is 0 Å². The van der Waals surface area contributed by atoms with Crippen LogP contribution in [0.15, 0.2) is 28.8 Å². The molecule has 1 fully saturated rings. The highest BCUT2D eigenvalue weighted by atomic mass is 16.6. The van der Waals surface area contributed by atoms with Crippen molar-refractivity contribution in [1.82, 2.24) is 10.1 Å². The summed E-state index contributed by atoms with van der Waals surface area (Å²) in [6, 6.07) is 6.54. The van der Waals surface area contributed by atoms with Crippen LogP contribution < -0.4 is 5.73 Å². The van der Waals surface area contributed by atoms with Gasteiger partial charge in [-0.2, -0.15) is 4.98 Å². The minimum absolute atomic E-state index is 0.0250. The van der Waals surface area contributed by atoms with Gasteiger partial charge in [-0.1, -0.05) is 17.3 Å². The van der Waals surface area contributed by atoms with E-state index in [2.05, 4.69) is 10.1 Å². The molecule has 1 aliphatic rings. The zero-order valence-corrected chi connectivity index (χ0v) is 10.7. The second-order valence-electron chi connectivity index (χ2n) is 5.00. The molecule has 1 heterocycles. The van der Waals surface area contributed by atoms with Crippen LogP contribution in [-0.2, 0) is 0 Å². The average Bonchev–Trinajstić information content (AvgIpc) is 3.07. The molecule has 2 atom stereocenters. The highest BCUT2D eigenvalue weighted by Crippen LogP contribution is 2.34. The fraction of sp³-hybridized carbons (Fsp3) is 0.385. The fourth-order valence-electron chi connectivity index (χ4n) is 2.57. The van der Waals surface area contributed by atoms with E-state index in [1.165, 1.54) is 6.07 Å². The Morgan fingerprint density at radius 1 is 1.35 bits per heavy atom. The molecule has 1 aliphatic carbocycles. The number of nitrogens with zero attached hydrogens (tertiary/aromatic N) is 3. The molecule has 3 rings (SSSR count). The molecular weight excluding hydrogens is 260 g/mol. The topological polar surface area (TPSA) is 108 Å². The Bertz CT molecular complexity index is 640. The summed E-state index contributed by atoms with van der Waals surface area (Å²) in [6.45, 7) is 0. The maximum absolute atomic E-state index is 11.0. The minimum Gasteiger partial charge on any atom is -0.339 e. The molecule has 0 bridgehead atoms. The van der Waals surface area contributed by atoms with Crippen molar-refractivity contribution in [2.24, 2.45) is 5.73 Å². The smallest absolute Gasteiger partial charge is 0.280 e. The van der Waals surface area contributed by atoms with Crippen LogP contribution in [0.3, 0.4) is 0 Å². The summed E-state index contributed by atoms with van der Waals surface area (Å²) in [5.74, 6) is 0.938. The van der Waals surface area contributed by atoms with Crippen LogP contribution in [0.4, 0.5) is 5.69 Å². The normalized spacial score (nSPS) is 22.1. The lowest BCUT2D eigenvalue weighted by atomic mass is 10.1. The summed E-state index contributed by atoms with van der Waals surface area (Å²) < 4.78 is 5.25. The molecule has 20 heavy (non-hydrogen) atoms. The molecular formula is C13H14N4O3. The lowest BCUT2D eigenvalue weighted by Gasteiger charge is -2.01. The number of aromatic nitrogens is 2. The van der Waals surface area contributed by atoms with Gasteiger partial charge in [-0.05, 0) is 25.3 Å². The van der Waals surface area contributed by atoms with Crippen molar-refractivity contribution >= 4 is 5.69 Å². The molecule has 7 heteroatoms. The number of hydrogen-bond acceptors (Lipinski definition) is 6. The van der Waals surface area contributed by atoms with Crippen molar-refractivity contribution in [3.05, 3.63) is 40.3 Å². The van der Waals surface area contributed by atoms with E-state index in [0.29, 0.717) is 11.5 Å². The monoisotopic (exact) mass is 274 g/mol. The van der Waals surface area contributed by atoms with Gasteiger partial charge in [0.2, 0.25) is 11.7 Å². The maximum Gasteiger partial charge on any atom is 0.280 e. The molecule has 104 valence electrons. The van der Waals surface area contributed by atoms with Crippen molar-refractivity contribution < 1.29 is 9.45 Å². The number of hydrogen-bond donors (Lipinski definition) is 1. The van der Waals surface area contributed by atoms with Crippen LogP contribution in [0.2, 0.25) is 0 Å². The third-order valence-electron chi connectivity index (χ3n) is 3.61. The van der Waals surface area contributed by atoms with Crippen LogP contribution >= 0.6 is 0 Å². The molecule has 7 nitrogen and oxygen atoms in total. The van der Waals surface area contributed by atoms with Gasteiger partial charge >= 0.3 is 0 Å². The maximum atomic E-state index is 11.0.